The Labute approximate surface area is 142 Å². The largest absolute Gasteiger partial charge is 0.310 e. The lowest BCUT2D eigenvalue weighted by Gasteiger charge is -2.31. The summed E-state index contributed by atoms with van der Waals surface area (Å²) < 4.78 is 1.99. The Morgan fingerprint density at radius 2 is 2.17 bits per heavy atom. The Morgan fingerprint density at radius 3 is 2.83 bits per heavy atom. The summed E-state index contributed by atoms with van der Waals surface area (Å²) in [5.41, 5.74) is 1.09. The van der Waals surface area contributed by atoms with Crippen molar-refractivity contribution in [3.8, 4) is 0 Å². The lowest BCUT2D eigenvalue weighted by atomic mass is 9.93. The molecule has 1 amide bonds. The zero-order valence-electron chi connectivity index (χ0n) is 14.2. The minimum atomic E-state index is 0.0151. The van der Waals surface area contributed by atoms with Crippen LogP contribution < -0.4 is 5.32 Å². The molecular weight excluding hydrogens is 302 g/mol. The van der Waals surface area contributed by atoms with Crippen LogP contribution in [0.1, 0.15) is 24.8 Å². The first kappa shape index (κ1) is 16.6. The summed E-state index contributed by atoms with van der Waals surface area (Å²) >= 11 is 0. The van der Waals surface area contributed by atoms with Gasteiger partial charge < -0.3 is 5.32 Å². The quantitative estimate of drug-likeness (QED) is 0.884. The molecule has 0 bridgehead atoms. The first-order valence-electron chi connectivity index (χ1n) is 8.61. The third kappa shape index (κ3) is 4.89. The number of nitrogens with one attached hydrogen (secondary N) is 1. The number of likely N-dealkylation sites (tertiary alicyclic amines) is 1. The molecule has 0 atom stereocenters. The summed E-state index contributed by atoms with van der Waals surface area (Å²) in [6.45, 7) is 5.38. The Morgan fingerprint density at radius 1 is 1.33 bits per heavy atom. The van der Waals surface area contributed by atoms with Crippen molar-refractivity contribution in [2.75, 3.05) is 25.0 Å². The third-order valence-corrected chi connectivity index (χ3v) is 4.58. The maximum atomic E-state index is 12.1. The molecule has 0 spiro atoms. The Hall–Kier alpha value is -2.21. The molecule has 0 aliphatic carbocycles. The van der Waals surface area contributed by atoms with Crippen molar-refractivity contribution in [2.45, 2.75) is 32.7 Å². The van der Waals surface area contributed by atoms with E-state index in [2.05, 4.69) is 20.3 Å². The summed E-state index contributed by atoms with van der Waals surface area (Å²) in [6.07, 6.45) is 9.06. The number of pyridine rings is 1. The second-order valence-corrected chi connectivity index (χ2v) is 6.55. The predicted molar refractivity (Wildman–Crippen MR) is 93.6 cm³/mol. The second-order valence-electron chi connectivity index (χ2n) is 6.55. The minimum absolute atomic E-state index is 0.0151. The van der Waals surface area contributed by atoms with Gasteiger partial charge in [0.05, 0.1) is 6.54 Å². The number of hydrogen-bond donors (Lipinski definition) is 1. The number of amides is 1. The molecule has 3 rings (SSSR count). The monoisotopic (exact) mass is 327 g/mol. The molecule has 6 heteroatoms. The summed E-state index contributed by atoms with van der Waals surface area (Å²) in [7, 11) is 0. The zero-order valence-corrected chi connectivity index (χ0v) is 14.2. The number of aromatic nitrogens is 3. The Balaban J connectivity index is 1.37. The van der Waals surface area contributed by atoms with Gasteiger partial charge >= 0.3 is 0 Å². The number of piperidine rings is 1. The van der Waals surface area contributed by atoms with Gasteiger partial charge in [-0.3, -0.25) is 14.4 Å². The fourth-order valence-electron chi connectivity index (χ4n) is 3.11. The fourth-order valence-corrected chi connectivity index (χ4v) is 3.11. The Bertz CT molecular complexity index is 630. The SMILES string of the molecule is Cc1ccc(NC(=O)CN2CCC(CCn3cccn3)CC2)nc1. The molecule has 0 aromatic carbocycles. The Kier molecular flexibility index (Phi) is 5.59. The van der Waals surface area contributed by atoms with Crippen molar-refractivity contribution >= 4 is 11.7 Å². The van der Waals surface area contributed by atoms with Gasteiger partial charge in [0.25, 0.3) is 0 Å². The van der Waals surface area contributed by atoms with E-state index in [1.54, 1.807) is 6.20 Å². The smallest absolute Gasteiger partial charge is 0.239 e. The molecule has 6 nitrogen and oxygen atoms in total. The maximum absolute atomic E-state index is 12.1. The molecule has 2 aromatic heterocycles. The van der Waals surface area contributed by atoms with E-state index >= 15 is 0 Å². The molecule has 2 aromatic rings. The van der Waals surface area contributed by atoms with Crippen LogP contribution in [0, 0.1) is 12.8 Å². The van der Waals surface area contributed by atoms with E-state index in [4.69, 9.17) is 0 Å². The van der Waals surface area contributed by atoms with E-state index in [9.17, 15) is 4.79 Å². The number of anilines is 1. The summed E-state index contributed by atoms with van der Waals surface area (Å²) in [6, 6.07) is 5.76. The van der Waals surface area contributed by atoms with Gasteiger partial charge in [0, 0.05) is 25.1 Å². The molecule has 1 fully saturated rings. The molecule has 3 heterocycles. The summed E-state index contributed by atoms with van der Waals surface area (Å²) in [5.74, 6) is 1.37. The van der Waals surface area contributed by atoms with Gasteiger partial charge in [0.15, 0.2) is 0 Å². The van der Waals surface area contributed by atoms with Crippen LogP contribution in [-0.4, -0.2) is 45.2 Å². The highest BCUT2D eigenvalue weighted by Gasteiger charge is 2.20. The highest BCUT2D eigenvalue weighted by atomic mass is 16.2. The molecule has 1 saturated heterocycles. The number of aryl methyl sites for hydroxylation is 2. The normalized spacial score (nSPS) is 16.2. The van der Waals surface area contributed by atoms with Crippen LogP contribution in [0.3, 0.4) is 0 Å². The summed E-state index contributed by atoms with van der Waals surface area (Å²) in [5, 5.41) is 7.12. The van der Waals surface area contributed by atoms with Gasteiger partial charge in [-0.15, -0.1) is 0 Å². The highest BCUT2D eigenvalue weighted by Crippen LogP contribution is 2.21. The van der Waals surface area contributed by atoms with Gasteiger partial charge in [-0.05, 0) is 62.9 Å². The topological polar surface area (TPSA) is 63.1 Å². The predicted octanol–water partition coefficient (Wildman–Crippen LogP) is 2.33. The number of rotatable bonds is 6. The average molecular weight is 327 g/mol. The van der Waals surface area contributed by atoms with Crippen molar-refractivity contribution in [3.63, 3.8) is 0 Å². The van der Waals surface area contributed by atoms with E-state index in [1.165, 1.54) is 0 Å². The number of carbonyl (C=O) groups excluding carboxylic acids is 1. The third-order valence-electron chi connectivity index (χ3n) is 4.58. The van der Waals surface area contributed by atoms with Gasteiger partial charge in [0.2, 0.25) is 5.91 Å². The van der Waals surface area contributed by atoms with Gasteiger partial charge in [0.1, 0.15) is 5.82 Å². The van der Waals surface area contributed by atoms with Crippen LogP contribution in [0.25, 0.3) is 0 Å². The molecule has 24 heavy (non-hydrogen) atoms. The first-order chi connectivity index (χ1) is 11.7. The number of nitrogens with zero attached hydrogens (tertiary/aromatic N) is 4. The van der Waals surface area contributed by atoms with Crippen molar-refractivity contribution < 1.29 is 4.79 Å². The van der Waals surface area contributed by atoms with Gasteiger partial charge in [-0.1, -0.05) is 6.07 Å². The van der Waals surface area contributed by atoms with Crippen molar-refractivity contribution in [3.05, 3.63) is 42.4 Å². The highest BCUT2D eigenvalue weighted by molar-refractivity contribution is 5.91. The average Bonchev–Trinajstić information content (AvgIpc) is 3.10. The number of hydrogen-bond acceptors (Lipinski definition) is 4. The molecular formula is C18H25N5O. The van der Waals surface area contributed by atoms with Crippen LogP contribution >= 0.6 is 0 Å². The van der Waals surface area contributed by atoms with Crippen LogP contribution in [-0.2, 0) is 11.3 Å². The second kappa shape index (κ2) is 8.06. The number of carbonyl (C=O) groups is 1. The van der Waals surface area contributed by atoms with Crippen LogP contribution in [0.2, 0.25) is 0 Å². The lowest BCUT2D eigenvalue weighted by Crippen LogP contribution is -2.39. The molecule has 0 saturated carbocycles. The van der Waals surface area contributed by atoms with Crippen molar-refractivity contribution in [1.29, 1.82) is 0 Å². The van der Waals surface area contributed by atoms with Crippen LogP contribution in [0.15, 0.2) is 36.8 Å². The molecule has 128 valence electrons. The molecule has 0 radical (unpaired) electrons. The fraction of sp³-hybridized carbons (Fsp3) is 0.500. The van der Waals surface area contributed by atoms with E-state index in [0.717, 1.165) is 50.4 Å². The van der Waals surface area contributed by atoms with E-state index in [0.29, 0.717) is 12.4 Å². The van der Waals surface area contributed by atoms with E-state index < -0.39 is 0 Å². The molecule has 1 N–H and O–H groups in total. The standard InChI is InChI=1S/C18H25N5O/c1-15-3-4-17(19-13-15)21-18(24)14-22-10-5-16(6-11-22)7-12-23-9-2-8-20-23/h2-4,8-9,13,16H,5-7,10-12,14H2,1H3,(H,19,21,24). The van der Waals surface area contributed by atoms with Gasteiger partial charge in [-0.25, -0.2) is 4.98 Å². The van der Waals surface area contributed by atoms with E-state index in [-0.39, 0.29) is 5.91 Å². The van der Waals surface area contributed by atoms with Crippen LogP contribution in [0.4, 0.5) is 5.82 Å². The summed E-state index contributed by atoms with van der Waals surface area (Å²) in [4.78, 5) is 18.6. The van der Waals surface area contributed by atoms with Gasteiger partial charge in [-0.2, -0.15) is 5.10 Å². The minimum Gasteiger partial charge on any atom is -0.310 e. The van der Waals surface area contributed by atoms with Crippen LogP contribution in [0.5, 0.6) is 0 Å². The zero-order chi connectivity index (χ0) is 16.8. The molecule has 0 unspecified atom stereocenters. The van der Waals surface area contributed by atoms with Crippen molar-refractivity contribution in [2.24, 2.45) is 5.92 Å². The maximum Gasteiger partial charge on any atom is 0.239 e. The first-order valence-corrected chi connectivity index (χ1v) is 8.61. The molecule has 1 aliphatic heterocycles. The molecule has 1 aliphatic rings. The lowest BCUT2D eigenvalue weighted by molar-refractivity contribution is -0.117. The van der Waals surface area contributed by atoms with Crippen molar-refractivity contribution in [1.82, 2.24) is 19.7 Å². The van der Waals surface area contributed by atoms with E-state index in [1.807, 2.05) is 42.2 Å².